The summed E-state index contributed by atoms with van der Waals surface area (Å²) >= 11 is 13.5. The van der Waals surface area contributed by atoms with Gasteiger partial charge in [-0.2, -0.15) is 4.99 Å². The lowest BCUT2D eigenvalue weighted by Gasteiger charge is -2.02. The Kier molecular flexibility index (Phi) is 5.71. The van der Waals surface area contributed by atoms with E-state index in [0.717, 1.165) is 16.8 Å². The first-order valence-electron chi connectivity index (χ1n) is 7.68. The molecule has 0 saturated heterocycles. The van der Waals surface area contributed by atoms with Crippen LogP contribution in [0.3, 0.4) is 0 Å². The first-order chi connectivity index (χ1) is 12.7. The highest BCUT2D eigenvalue weighted by atomic mass is 35.5. The van der Waals surface area contributed by atoms with E-state index in [0.29, 0.717) is 20.4 Å². The molecule has 5 nitrogen and oxygen atoms in total. The predicted octanol–water partition coefficient (Wildman–Crippen LogP) is 3.98. The number of aromatic nitrogens is 1. The zero-order valence-corrected chi connectivity index (χ0v) is 17.1. The number of sulfone groups is 1. The van der Waals surface area contributed by atoms with Crippen LogP contribution in [-0.2, 0) is 21.7 Å². The van der Waals surface area contributed by atoms with Crippen molar-refractivity contribution in [2.24, 2.45) is 12.0 Å². The number of hydrogen-bond acceptors (Lipinski definition) is 4. The highest BCUT2D eigenvalue weighted by molar-refractivity contribution is 7.91. The van der Waals surface area contributed by atoms with Gasteiger partial charge in [0.05, 0.1) is 30.9 Å². The van der Waals surface area contributed by atoms with Crippen molar-refractivity contribution in [3.8, 4) is 0 Å². The van der Waals surface area contributed by atoms with E-state index in [9.17, 15) is 17.6 Å². The molecule has 1 amide bonds. The molecule has 0 atom stereocenters. The van der Waals surface area contributed by atoms with Gasteiger partial charge in [0.15, 0.2) is 14.6 Å². The minimum absolute atomic E-state index is 0.0365. The van der Waals surface area contributed by atoms with Crippen molar-refractivity contribution in [2.75, 3.05) is 5.75 Å². The van der Waals surface area contributed by atoms with Gasteiger partial charge in [0.1, 0.15) is 5.82 Å². The van der Waals surface area contributed by atoms with Crippen molar-refractivity contribution in [3.05, 3.63) is 57.1 Å². The van der Waals surface area contributed by atoms with Gasteiger partial charge in [0, 0.05) is 13.5 Å². The Bertz CT molecular complexity index is 1200. The number of hydrogen-bond donors (Lipinski definition) is 0. The SMILES string of the molecule is Cn1c(=NC(=O)CCS(=O)(=O)c2ccc(F)cc2)sc2ccc(Cl)c(Cl)c21. The van der Waals surface area contributed by atoms with E-state index < -0.39 is 27.3 Å². The second-order valence-electron chi connectivity index (χ2n) is 5.68. The maximum absolute atomic E-state index is 12.9. The summed E-state index contributed by atoms with van der Waals surface area (Å²) in [6.45, 7) is 0. The Morgan fingerprint density at radius 3 is 2.52 bits per heavy atom. The van der Waals surface area contributed by atoms with Gasteiger partial charge < -0.3 is 4.57 Å². The molecule has 0 spiro atoms. The Balaban J connectivity index is 1.83. The molecular formula is C17H13Cl2FN2O3S2. The van der Waals surface area contributed by atoms with Crippen molar-refractivity contribution in [1.29, 1.82) is 0 Å². The fourth-order valence-electron chi connectivity index (χ4n) is 2.42. The Labute approximate surface area is 168 Å². The summed E-state index contributed by atoms with van der Waals surface area (Å²) in [5.74, 6) is -1.52. The summed E-state index contributed by atoms with van der Waals surface area (Å²) in [6.07, 6.45) is -0.289. The molecule has 1 aromatic heterocycles. The standard InChI is InChI=1S/C17H13Cl2FN2O3S2/c1-22-16-13(7-6-12(18)15(16)19)26-17(22)21-14(23)8-9-27(24,25)11-4-2-10(20)3-5-11/h2-7H,8-9H2,1H3. The third-order valence-electron chi connectivity index (χ3n) is 3.83. The normalized spacial score (nSPS) is 12.7. The number of benzene rings is 2. The molecule has 27 heavy (non-hydrogen) atoms. The van der Waals surface area contributed by atoms with Crippen LogP contribution < -0.4 is 4.80 Å². The molecule has 2 aromatic carbocycles. The van der Waals surface area contributed by atoms with Crippen LogP contribution in [0.2, 0.25) is 10.0 Å². The van der Waals surface area contributed by atoms with E-state index in [1.807, 2.05) is 0 Å². The molecule has 3 aromatic rings. The number of aryl methyl sites for hydroxylation is 1. The smallest absolute Gasteiger partial charge is 0.249 e. The first-order valence-corrected chi connectivity index (χ1v) is 10.9. The highest BCUT2D eigenvalue weighted by Gasteiger charge is 2.17. The topological polar surface area (TPSA) is 68.5 Å². The molecule has 0 radical (unpaired) electrons. The fourth-order valence-corrected chi connectivity index (χ4v) is 5.20. The average Bonchev–Trinajstić information content (AvgIpc) is 2.93. The van der Waals surface area contributed by atoms with Crippen LogP contribution in [0.5, 0.6) is 0 Å². The lowest BCUT2D eigenvalue weighted by Crippen LogP contribution is -2.16. The minimum atomic E-state index is -3.70. The van der Waals surface area contributed by atoms with Crippen LogP contribution in [0.15, 0.2) is 46.3 Å². The van der Waals surface area contributed by atoms with Crippen molar-refractivity contribution < 1.29 is 17.6 Å². The summed E-state index contributed by atoms with van der Waals surface area (Å²) in [5.41, 5.74) is 0.652. The van der Waals surface area contributed by atoms with Crippen molar-refractivity contribution in [2.45, 2.75) is 11.3 Å². The third-order valence-corrected chi connectivity index (χ3v) is 7.46. The second-order valence-corrected chi connectivity index (χ2v) is 9.58. The van der Waals surface area contributed by atoms with Gasteiger partial charge in [0.2, 0.25) is 5.91 Å². The molecule has 0 aliphatic carbocycles. The van der Waals surface area contributed by atoms with Crippen molar-refractivity contribution >= 4 is 60.5 Å². The molecule has 3 rings (SSSR count). The lowest BCUT2D eigenvalue weighted by atomic mass is 10.3. The fraction of sp³-hybridized carbons (Fsp3) is 0.176. The molecule has 0 bridgehead atoms. The van der Waals surface area contributed by atoms with Gasteiger partial charge in [-0.3, -0.25) is 4.79 Å². The van der Waals surface area contributed by atoms with Gasteiger partial charge >= 0.3 is 0 Å². The maximum Gasteiger partial charge on any atom is 0.249 e. The van der Waals surface area contributed by atoms with E-state index in [-0.39, 0.29) is 11.3 Å². The van der Waals surface area contributed by atoms with Crippen molar-refractivity contribution in [1.82, 2.24) is 4.57 Å². The Morgan fingerprint density at radius 2 is 1.85 bits per heavy atom. The zero-order chi connectivity index (χ0) is 19.8. The van der Waals surface area contributed by atoms with E-state index >= 15 is 0 Å². The number of carbonyl (C=O) groups excluding carboxylic acids is 1. The van der Waals surface area contributed by atoms with Gasteiger partial charge in [-0.05, 0) is 36.4 Å². The molecule has 0 aliphatic rings. The highest BCUT2D eigenvalue weighted by Crippen LogP contribution is 2.31. The summed E-state index contributed by atoms with van der Waals surface area (Å²) in [5, 5.41) is 0.751. The molecular weight excluding hydrogens is 434 g/mol. The van der Waals surface area contributed by atoms with Crippen LogP contribution in [-0.4, -0.2) is 24.6 Å². The average molecular weight is 447 g/mol. The summed E-state index contributed by atoms with van der Waals surface area (Å²) in [4.78, 5) is 16.5. The van der Waals surface area contributed by atoms with E-state index in [1.165, 1.54) is 23.5 Å². The number of rotatable bonds is 4. The Hall–Kier alpha value is -1.74. The molecule has 0 saturated carbocycles. The molecule has 0 aliphatic heterocycles. The predicted molar refractivity (Wildman–Crippen MR) is 104 cm³/mol. The molecule has 142 valence electrons. The molecule has 10 heteroatoms. The lowest BCUT2D eigenvalue weighted by molar-refractivity contribution is -0.117. The number of fused-ring (bicyclic) bond motifs is 1. The number of nitrogens with zero attached hydrogens (tertiary/aromatic N) is 2. The monoisotopic (exact) mass is 446 g/mol. The molecule has 1 heterocycles. The summed E-state index contributed by atoms with van der Waals surface area (Å²) in [7, 11) is -2.00. The van der Waals surface area contributed by atoms with E-state index in [2.05, 4.69) is 4.99 Å². The van der Waals surface area contributed by atoms with Gasteiger partial charge in [0.25, 0.3) is 0 Å². The van der Waals surface area contributed by atoms with Gasteiger partial charge in [-0.25, -0.2) is 12.8 Å². The maximum atomic E-state index is 12.9. The van der Waals surface area contributed by atoms with Crippen LogP contribution in [0.4, 0.5) is 4.39 Å². The number of carbonyl (C=O) groups is 1. The number of thiazole rings is 1. The minimum Gasteiger partial charge on any atom is -0.318 e. The largest absolute Gasteiger partial charge is 0.318 e. The van der Waals surface area contributed by atoms with Crippen LogP contribution in [0.25, 0.3) is 10.2 Å². The van der Waals surface area contributed by atoms with Crippen molar-refractivity contribution in [3.63, 3.8) is 0 Å². The van der Waals surface area contributed by atoms with E-state index in [1.54, 1.807) is 23.7 Å². The van der Waals surface area contributed by atoms with Crippen LogP contribution in [0.1, 0.15) is 6.42 Å². The number of amides is 1. The quantitative estimate of drug-likeness (QED) is 0.569. The third kappa shape index (κ3) is 4.24. The zero-order valence-electron chi connectivity index (χ0n) is 13.9. The van der Waals surface area contributed by atoms with E-state index in [4.69, 9.17) is 23.2 Å². The Morgan fingerprint density at radius 1 is 1.19 bits per heavy atom. The van der Waals surface area contributed by atoms with Gasteiger partial charge in [-0.1, -0.05) is 34.5 Å². The first kappa shape index (κ1) is 20.0. The second kappa shape index (κ2) is 7.71. The molecule has 0 unspecified atom stereocenters. The molecule has 0 fully saturated rings. The molecule has 0 N–H and O–H groups in total. The summed E-state index contributed by atoms with van der Waals surface area (Å²) < 4.78 is 39.8. The van der Waals surface area contributed by atoms with Crippen LogP contribution in [0, 0.1) is 5.82 Å². The number of halogens is 3. The van der Waals surface area contributed by atoms with Crippen LogP contribution >= 0.6 is 34.5 Å². The summed E-state index contributed by atoms with van der Waals surface area (Å²) in [6, 6.07) is 7.89. The van der Waals surface area contributed by atoms with Gasteiger partial charge in [-0.15, -0.1) is 0 Å².